The quantitative estimate of drug-likeness (QED) is 0.622. The van der Waals surface area contributed by atoms with Gasteiger partial charge in [-0.15, -0.1) is 0 Å². The number of aliphatic carboxylic acids is 1. The van der Waals surface area contributed by atoms with Gasteiger partial charge in [-0.2, -0.15) is 0 Å². The fourth-order valence-corrected chi connectivity index (χ4v) is 3.65. The molecule has 0 radical (unpaired) electrons. The highest BCUT2D eigenvalue weighted by Gasteiger charge is 2.24. The number of hydrogen-bond donors (Lipinski definition) is 2. The van der Waals surface area contributed by atoms with Crippen LogP contribution in [0.25, 0.3) is 0 Å². The first-order chi connectivity index (χ1) is 13.9. The normalized spacial score (nSPS) is 14.9. The predicted octanol–water partition coefficient (Wildman–Crippen LogP) is 3.95. The first-order valence-electron chi connectivity index (χ1n) is 9.87. The van der Waals surface area contributed by atoms with E-state index in [0.29, 0.717) is 42.7 Å². The minimum Gasteiger partial charge on any atom is -0.507 e. The van der Waals surface area contributed by atoms with Crippen LogP contribution in [0, 0.1) is 0 Å². The van der Waals surface area contributed by atoms with E-state index >= 15 is 0 Å². The summed E-state index contributed by atoms with van der Waals surface area (Å²) in [4.78, 5) is 22.5. The summed E-state index contributed by atoms with van der Waals surface area (Å²) in [7, 11) is 0. The molecule has 0 spiro atoms. The van der Waals surface area contributed by atoms with E-state index in [-0.39, 0.29) is 24.1 Å². The van der Waals surface area contributed by atoms with Gasteiger partial charge in [0.15, 0.2) is 5.78 Å². The van der Waals surface area contributed by atoms with Gasteiger partial charge in [0.1, 0.15) is 23.4 Å². The van der Waals surface area contributed by atoms with Crippen molar-refractivity contribution in [2.45, 2.75) is 52.1 Å². The molecule has 0 saturated carbocycles. The first kappa shape index (κ1) is 20.7. The van der Waals surface area contributed by atoms with E-state index in [1.807, 2.05) is 19.1 Å². The number of carbonyl (C=O) groups excluding carboxylic acids is 1. The highest BCUT2D eigenvalue weighted by Crippen LogP contribution is 2.34. The maximum Gasteiger partial charge on any atom is 0.307 e. The van der Waals surface area contributed by atoms with Crippen LogP contribution < -0.4 is 9.47 Å². The summed E-state index contributed by atoms with van der Waals surface area (Å²) >= 11 is 0. The summed E-state index contributed by atoms with van der Waals surface area (Å²) in [6.45, 7) is 3.85. The Kier molecular flexibility index (Phi) is 6.42. The third kappa shape index (κ3) is 4.88. The van der Waals surface area contributed by atoms with Gasteiger partial charge in [0, 0.05) is 18.4 Å². The molecule has 0 bridgehead atoms. The first-order valence-corrected chi connectivity index (χ1v) is 9.87. The van der Waals surface area contributed by atoms with Crippen molar-refractivity contribution in [1.82, 2.24) is 0 Å². The Morgan fingerprint density at radius 2 is 2.03 bits per heavy atom. The van der Waals surface area contributed by atoms with Crippen molar-refractivity contribution in [3.8, 4) is 17.2 Å². The maximum absolute atomic E-state index is 11.7. The lowest BCUT2D eigenvalue weighted by Crippen LogP contribution is -2.17. The second-order valence-electron chi connectivity index (χ2n) is 7.34. The van der Waals surface area contributed by atoms with Crippen LogP contribution in [0.4, 0.5) is 0 Å². The second-order valence-corrected chi connectivity index (χ2v) is 7.34. The van der Waals surface area contributed by atoms with Gasteiger partial charge in [0.2, 0.25) is 0 Å². The molecular weight excluding hydrogens is 372 g/mol. The topological polar surface area (TPSA) is 93.1 Å². The van der Waals surface area contributed by atoms with Crippen LogP contribution in [0.2, 0.25) is 0 Å². The summed E-state index contributed by atoms with van der Waals surface area (Å²) in [5, 5.41) is 19.4. The number of carboxylic acids is 1. The number of aromatic hydroxyl groups is 1. The number of Topliss-reactive ketones (excluding diaryl/α,β-unsaturated/α-hetero) is 1. The van der Waals surface area contributed by atoms with Crippen LogP contribution in [0.5, 0.6) is 17.2 Å². The summed E-state index contributed by atoms with van der Waals surface area (Å²) in [6.07, 6.45) is 2.78. The van der Waals surface area contributed by atoms with Gasteiger partial charge < -0.3 is 19.7 Å². The van der Waals surface area contributed by atoms with Crippen LogP contribution in [-0.4, -0.2) is 34.7 Å². The molecule has 2 N–H and O–H groups in total. The number of fused-ring (bicyclic) bond motifs is 1. The highest BCUT2D eigenvalue weighted by molar-refractivity contribution is 5.97. The van der Waals surface area contributed by atoms with Gasteiger partial charge >= 0.3 is 5.97 Å². The molecule has 29 heavy (non-hydrogen) atoms. The average molecular weight is 398 g/mol. The molecule has 6 heteroatoms. The number of ketones is 1. The molecule has 2 aromatic rings. The lowest BCUT2D eigenvalue weighted by atomic mass is 10.0. The van der Waals surface area contributed by atoms with Crippen molar-refractivity contribution in [2.24, 2.45) is 0 Å². The number of carbonyl (C=O) groups is 2. The molecule has 6 nitrogen and oxygen atoms in total. The number of rotatable bonds is 9. The molecule has 1 atom stereocenters. The van der Waals surface area contributed by atoms with E-state index in [4.69, 9.17) is 14.6 Å². The van der Waals surface area contributed by atoms with Gasteiger partial charge in [-0.05, 0) is 42.7 Å². The van der Waals surface area contributed by atoms with Crippen LogP contribution in [0.3, 0.4) is 0 Å². The van der Waals surface area contributed by atoms with Gasteiger partial charge in [-0.1, -0.05) is 25.5 Å². The molecule has 1 heterocycles. The smallest absolute Gasteiger partial charge is 0.307 e. The largest absolute Gasteiger partial charge is 0.507 e. The third-order valence-electron chi connectivity index (χ3n) is 5.04. The zero-order chi connectivity index (χ0) is 21.0. The van der Waals surface area contributed by atoms with Crippen LogP contribution >= 0.6 is 0 Å². The van der Waals surface area contributed by atoms with E-state index in [1.165, 1.54) is 6.92 Å². The summed E-state index contributed by atoms with van der Waals surface area (Å²) in [5.41, 5.74) is 2.76. The van der Waals surface area contributed by atoms with Gasteiger partial charge in [0.05, 0.1) is 18.6 Å². The Morgan fingerprint density at radius 3 is 2.72 bits per heavy atom. The lowest BCUT2D eigenvalue weighted by molar-refractivity contribution is -0.136. The van der Waals surface area contributed by atoms with E-state index in [0.717, 1.165) is 23.3 Å². The third-order valence-corrected chi connectivity index (χ3v) is 5.04. The number of phenols is 1. The van der Waals surface area contributed by atoms with Crippen LogP contribution in [0.1, 0.15) is 53.7 Å². The summed E-state index contributed by atoms with van der Waals surface area (Å²) in [5.74, 6) is 0.363. The fourth-order valence-electron chi connectivity index (χ4n) is 3.65. The van der Waals surface area contributed by atoms with E-state index in [1.54, 1.807) is 18.2 Å². The summed E-state index contributed by atoms with van der Waals surface area (Å²) < 4.78 is 11.8. The standard InChI is InChI=1S/C23H26O6/c1-3-4-19-21(8-6-18(14(2)24)23(19)27)28-10-9-17-13-16-11-15(12-22(25)26)5-7-20(16)29-17/h5-8,11,17,27H,3-4,9-10,12-13H2,1-2H3,(H,25,26). The average Bonchev–Trinajstić information content (AvgIpc) is 3.05. The maximum atomic E-state index is 11.7. The molecule has 3 rings (SSSR count). The van der Waals surface area contributed by atoms with Gasteiger partial charge in [-0.25, -0.2) is 0 Å². The molecule has 0 aromatic heterocycles. The van der Waals surface area contributed by atoms with Gasteiger partial charge in [-0.3, -0.25) is 9.59 Å². The molecule has 154 valence electrons. The Balaban J connectivity index is 1.61. The monoisotopic (exact) mass is 398 g/mol. The molecular formula is C23H26O6. The van der Waals surface area contributed by atoms with Crippen LogP contribution in [0.15, 0.2) is 30.3 Å². The number of phenolic OH excluding ortho intramolecular Hbond substituents is 1. The summed E-state index contributed by atoms with van der Waals surface area (Å²) in [6, 6.07) is 8.83. The zero-order valence-corrected chi connectivity index (χ0v) is 16.7. The van der Waals surface area contributed by atoms with Crippen molar-refractivity contribution in [3.63, 3.8) is 0 Å². The van der Waals surface area contributed by atoms with E-state index in [2.05, 4.69) is 0 Å². The van der Waals surface area contributed by atoms with E-state index in [9.17, 15) is 14.7 Å². The SMILES string of the molecule is CCCc1c(OCCC2Cc3cc(CC(=O)O)ccc3O2)ccc(C(C)=O)c1O. The molecule has 1 unspecified atom stereocenters. The number of benzene rings is 2. The molecule has 0 fully saturated rings. The van der Waals surface area contributed by atoms with Crippen molar-refractivity contribution in [1.29, 1.82) is 0 Å². The molecule has 2 aromatic carbocycles. The van der Waals surface area contributed by atoms with Crippen LogP contribution in [-0.2, 0) is 24.1 Å². The molecule has 0 saturated heterocycles. The predicted molar refractivity (Wildman–Crippen MR) is 108 cm³/mol. The number of ether oxygens (including phenoxy) is 2. The number of carboxylic acid groups (broad SMARTS) is 1. The van der Waals surface area contributed by atoms with Gasteiger partial charge in [0.25, 0.3) is 0 Å². The Morgan fingerprint density at radius 1 is 1.24 bits per heavy atom. The Hall–Kier alpha value is -3.02. The highest BCUT2D eigenvalue weighted by atomic mass is 16.5. The molecule has 1 aliphatic rings. The number of hydrogen-bond acceptors (Lipinski definition) is 5. The minimum absolute atomic E-state index is 0.00101. The van der Waals surface area contributed by atoms with E-state index < -0.39 is 5.97 Å². The lowest BCUT2D eigenvalue weighted by Gasteiger charge is -2.16. The Labute approximate surface area is 170 Å². The molecule has 0 amide bonds. The molecule has 1 aliphatic heterocycles. The minimum atomic E-state index is -0.851. The van der Waals surface area contributed by atoms with Crippen molar-refractivity contribution in [3.05, 3.63) is 52.6 Å². The van der Waals surface area contributed by atoms with Crippen molar-refractivity contribution in [2.75, 3.05) is 6.61 Å². The van der Waals surface area contributed by atoms with Crippen molar-refractivity contribution >= 4 is 11.8 Å². The Bertz CT molecular complexity index is 918. The van der Waals surface area contributed by atoms with Crippen molar-refractivity contribution < 1.29 is 29.3 Å². The fraction of sp³-hybridized carbons (Fsp3) is 0.391. The second kappa shape index (κ2) is 8.99. The zero-order valence-electron chi connectivity index (χ0n) is 16.7. The molecule has 0 aliphatic carbocycles.